The molecule has 0 aliphatic carbocycles. The van der Waals surface area contributed by atoms with Crippen molar-refractivity contribution in [1.82, 2.24) is 4.98 Å². The van der Waals surface area contributed by atoms with Crippen molar-refractivity contribution in [2.45, 2.75) is 81.1 Å². The Hall–Kier alpha value is -2.29. The first-order chi connectivity index (χ1) is 16.5. The van der Waals surface area contributed by atoms with Crippen molar-refractivity contribution < 1.29 is 30.0 Å². The predicted octanol–water partition coefficient (Wildman–Crippen LogP) is 8.83. The van der Waals surface area contributed by atoms with E-state index in [4.69, 9.17) is 4.98 Å². The van der Waals surface area contributed by atoms with Crippen molar-refractivity contribution in [3.8, 4) is 11.3 Å². The predicted molar refractivity (Wildman–Crippen MR) is 149 cm³/mol. The van der Waals surface area contributed by atoms with Crippen LogP contribution in [0.2, 0.25) is 0 Å². The standard InChI is InChI=1S/C18H16N.C14H26O2.Ir/c1-3-14-10-13(2)11-16(12-14)18-9-8-15-6-4-5-7-17(15)19-18;1-7-13(4,5)11(15)10-12(16)14(6,8-2)9-3;/h4-10,12H,3H2,1-2H3;10,16H,7-9H2,1-6H3;/q-1;;/b;12-10-;. The molecule has 0 bridgehead atoms. The first-order valence-electron chi connectivity index (χ1n) is 12.8. The molecule has 3 rings (SSSR count). The molecule has 1 aromatic heterocycles. The summed E-state index contributed by atoms with van der Waals surface area (Å²) in [7, 11) is 0. The maximum Gasteiger partial charge on any atom is 0.164 e. The average molecular weight is 665 g/mol. The van der Waals surface area contributed by atoms with Gasteiger partial charge < -0.3 is 5.11 Å². The second kappa shape index (κ2) is 13.9. The molecule has 3 aromatic rings. The van der Waals surface area contributed by atoms with E-state index in [2.05, 4.69) is 56.3 Å². The number of hydrogen-bond donors (Lipinski definition) is 1. The Morgan fingerprint density at radius 1 is 0.972 bits per heavy atom. The number of benzene rings is 2. The van der Waals surface area contributed by atoms with Crippen LogP contribution in [0, 0.1) is 23.8 Å². The maximum absolute atomic E-state index is 11.9. The smallest absolute Gasteiger partial charge is 0.164 e. The van der Waals surface area contributed by atoms with E-state index in [1.54, 1.807) is 0 Å². The second-order valence-corrected chi connectivity index (χ2v) is 10.2. The van der Waals surface area contributed by atoms with E-state index in [1.807, 2.05) is 53.7 Å². The van der Waals surface area contributed by atoms with Crippen molar-refractivity contribution in [2.75, 3.05) is 0 Å². The molecule has 0 spiro atoms. The van der Waals surface area contributed by atoms with Crippen LogP contribution in [-0.4, -0.2) is 15.9 Å². The minimum atomic E-state index is -0.379. The van der Waals surface area contributed by atoms with Gasteiger partial charge in [-0.2, -0.15) is 0 Å². The van der Waals surface area contributed by atoms with Gasteiger partial charge in [0.15, 0.2) is 5.78 Å². The van der Waals surface area contributed by atoms with Crippen LogP contribution < -0.4 is 0 Å². The maximum atomic E-state index is 11.9. The average Bonchev–Trinajstić information content (AvgIpc) is 2.87. The summed E-state index contributed by atoms with van der Waals surface area (Å²) in [6.45, 7) is 16.1. The monoisotopic (exact) mass is 665 g/mol. The van der Waals surface area contributed by atoms with Gasteiger partial charge in [-0.1, -0.05) is 85.7 Å². The van der Waals surface area contributed by atoms with E-state index >= 15 is 0 Å². The molecule has 1 heterocycles. The van der Waals surface area contributed by atoms with E-state index in [-0.39, 0.29) is 42.5 Å². The Bertz CT molecular complexity index is 1180. The number of aliphatic hydroxyl groups excluding tert-OH is 1. The third-order valence-electron chi connectivity index (χ3n) is 7.34. The number of ketones is 1. The molecule has 0 fully saturated rings. The topological polar surface area (TPSA) is 50.2 Å². The van der Waals surface area contributed by atoms with Crippen LogP contribution in [0.25, 0.3) is 22.2 Å². The largest absolute Gasteiger partial charge is 0.512 e. The number of carbonyl (C=O) groups is 1. The summed E-state index contributed by atoms with van der Waals surface area (Å²) in [5.74, 6) is 0.240. The van der Waals surface area contributed by atoms with Gasteiger partial charge in [0.2, 0.25) is 0 Å². The van der Waals surface area contributed by atoms with Gasteiger partial charge in [-0.05, 0) is 42.8 Å². The molecular formula is C32H42IrNO2-. The number of aromatic nitrogens is 1. The number of para-hydroxylation sites is 1. The van der Waals surface area contributed by atoms with Crippen molar-refractivity contribution in [2.24, 2.45) is 10.8 Å². The Labute approximate surface area is 231 Å². The Morgan fingerprint density at radius 2 is 1.61 bits per heavy atom. The van der Waals surface area contributed by atoms with E-state index in [9.17, 15) is 9.90 Å². The fourth-order valence-corrected chi connectivity index (χ4v) is 3.63. The van der Waals surface area contributed by atoms with Crippen LogP contribution in [0.3, 0.4) is 0 Å². The number of fused-ring (bicyclic) bond motifs is 1. The molecular weight excluding hydrogens is 623 g/mol. The van der Waals surface area contributed by atoms with Gasteiger partial charge in [-0.25, -0.2) is 0 Å². The molecule has 36 heavy (non-hydrogen) atoms. The third kappa shape index (κ3) is 8.11. The van der Waals surface area contributed by atoms with Crippen LogP contribution in [0.4, 0.5) is 0 Å². The summed E-state index contributed by atoms with van der Waals surface area (Å²) in [4.78, 5) is 16.7. The number of aryl methyl sites for hydroxylation is 2. The van der Waals surface area contributed by atoms with E-state index in [0.29, 0.717) is 0 Å². The zero-order valence-electron chi connectivity index (χ0n) is 23.2. The minimum Gasteiger partial charge on any atom is -0.512 e. The number of nitrogens with zero attached hydrogens (tertiary/aromatic N) is 1. The summed E-state index contributed by atoms with van der Waals surface area (Å²) in [6.07, 6.45) is 4.93. The number of carbonyl (C=O) groups excluding carboxylic acids is 1. The Balaban J connectivity index is 0.000000357. The fraction of sp³-hybridized carbons (Fsp3) is 0.438. The molecule has 0 atom stereocenters. The summed E-state index contributed by atoms with van der Waals surface area (Å²) < 4.78 is 0. The number of allylic oxidation sites excluding steroid dienone is 2. The summed E-state index contributed by atoms with van der Waals surface area (Å²) in [5, 5.41) is 11.2. The van der Waals surface area contributed by atoms with Crippen LogP contribution in [0.15, 0.2) is 60.4 Å². The van der Waals surface area contributed by atoms with Gasteiger partial charge in [-0.15, -0.1) is 34.9 Å². The summed E-state index contributed by atoms with van der Waals surface area (Å²) >= 11 is 0. The first-order valence-corrected chi connectivity index (χ1v) is 12.8. The summed E-state index contributed by atoms with van der Waals surface area (Å²) in [5.41, 5.74) is 4.98. The number of aliphatic hydroxyl groups is 1. The van der Waals surface area contributed by atoms with Gasteiger partial charge in [0.25, 0.3) is 0 Å². The minimum absolute atomic E-state index is 0. The number of pyridine rings is 1. The van der Waals surface area contributed by atoms with Crippen molar-refractivity contribution in [1.29, 1.82) is 0 Å². The van der Waals surface area contributed by atoms with Gasteiger partial charge >= 0.3 is 0 Å². The molecule has 0 saturated carbocycles. The third-order valence-corrected chi connectivity index (χ3v) is 7.34. The molecule has 0 aliphatic rings. The molecule has 197 valence electrons. The van der Waals surface area contributed by atoms with Crippen LogP contribution in [0.1, 0.15) is 78.9 Å². The van der Waals surface area contributed by atoms with Crippen molar-refractivity contribution in [3.05, 3.63) is 77.6 Å². The normalized spacial score (nSPS) is 11.9. The Morgan fingerprint density at radius 3 is 2.19 bits per heavy atom. The molecule has 1 N–H and O–H groups in total. The van der Waals surface area contributed by atoms with Crippen molar-refractivity contribution in [3.63, 3.8) is 0 Å². The van der Waals surface area contributed by atoms with Gasteiger partial charge in [-0.3, -0.25) is 9.78 Å². The molecule has 0 unspecified atom stereocenters. The van der Waals surface area contributed by atoms with E-state index in [1.165, 1.54) is 22.6 Å². The molecule has 2 aromatic carbocycles. The second-order valence-electron chi connectivity index (χ2n) is 10.2. The van der Waals surface area contributed by atoms with Crippen molar-refractivity contribution >= 4 is 16.7 Å². The molecule has 0 saturated heterocycles. The zero-order valence-corrected chi connectivity index (χ0v) is 25.6. The molecule has 1 radical (unpaired) electrons. The molecule has 0 amide bonds. The van der Waals surface area contributed by atoms with E-state index < -0.39 is 0 Å². The SMILES string of the molecule is CCC(C)(C)C(=O)/C=C(\O)C(C)(CC)CC.CCc1cc(C)[c-]c(-c2ccc3ccccc3n2)c1.[Ir]. The molecule has 0 aliphatic heterocycles. The van der Waals surface area contributed by atoms with E-state index in [0.717, 1.165) is 42.5 Å². The van der Waals surface area contributed by atoms with Crippen LogP contribution >= 0.6 is 0 Å². The zero-order chi connectivity index (χ0) is 26.2. The van der Waals surface area contributed by atoms with Gasteiger partial charge in [0, 0.05) is 37.0 Å². The van der Waals surface area contributed by atoms with Crippen LogP contribution in [-0.2, 0) is 31.3 Å². The fourth-order valence-electron chi connectivity index (χ4n) is 3.63. The number of hydrogen-bond acceptors (Lipinski definition) is 3. The van der Waals surface area contributed by atoms with Gasteiger partial charge in [0.1, 0.15) is 5.76 Å². The Kier molecular flexibility index (Phi) is 12.2. The number of rotatable bonds is 8. The van der Waals surface area contributed by atoms with Crippen LogP contribution in [0.5, 0.6) is 0 Å². The van der Waals surface area contributed by atoms with Gasteiger partial charge in [0.05, 0.1) is 5.52 Å². The molecule has 4 heteroatoms. The summed E-state index contributed by atoms with van der Waals surface area (Å²) in [6, 6.07) is 20.2. The quantitative estimate of drug-likeness (QED) is 0.149. The molecule has 3 nitrogen and oxygen atoms in total. The first kappa shape index (κ1) is 31.7.